The highest BCUT2D eigenvalue weighted by Crippen LogP contribution is 2.15. The van der Waals surface area contributed by atoms with Crippen molar-refractivity contribution >= 4 is 11.8 Å². The number of hydrogen-bond acceptors (Lipinski definition) is 4. The molecule has 0 aliphatic heterocycles. The minimum Gasteiger partial charge on any atom is -0.444 e. The van der Waals surface area contributed by atoms with E-state index < -0.39 is 11.7 Å². The van der Waals surface area contributed by atoms with Crippen molar-refractivity contribution in [2.24, 2.45) is 11.1 Å². The van der Waals surface area contributed by atoms with Gasteiger partial charge in [0.15, 0.2) is 0 Å². The quantitative estimate of drug-likeness (QED) is 0.594. The fourth-order valence-corrected chi connectivity index (χ4v) is 1.60. The van der Waals surface area contributed by atoms with Gasteiger partial charge in [0.2, 0.25) is 0 Å². The van der Waals surface area contributed by atoms with Gasteiger partial charge in [-0.15, -0.1) is 0 Å². The topological polar surface area (TPSA) is 59.9 Å². The van der Waals surface area contributed by atoms with Crippen LogP contribution in [0, 0.1) is 5.92 Å². The Labute approximate surface area is 116 Å². The van der Waals surface area contributed by atoms with Gasteiger partial charge in [-0.3, -0.25) is 5.32 Å². The Hall–Kier alpha value is -1.52. The Morgan fingerprint density at radius 2 is 2.00 bits per heavy atom. The third-order valence-corrected chi connectivity index (χ3v) is 2.49. The fraction of sp³-hybridized carbons (Fsp3) is 0.714. The highest BCUT2D eigenvalue weighted by molar-refractivity contribution is 5.84. The summed E-state index contributed by atoms with van der Waals surface area (Å²) in [6.07, 6.45) is 1.04. The molecule has 1 amide bonds. The van der Waals surface area contributed by atoms with Crippen LogP contribution in [-0.4, -0.2) is 24.5 Å². The van der Waals surface area contributed by atoms with Crippen molar-refractivity contribution in [3.8, 4) is 0 Å². The highest BCUT2D eigenvalue weighted by Gasteiger charge is 2.18. The summed E-state index contributed by atoms with van der Waals surface area (Å²) in [5.41, 5.74) is 0.992. The standard InChI is InChI=1S/C14H26N2O3/c1-8-12(11(3)16-18-7)9-10(2)15-13(17)19-14(4,5)6/h12H,2,8-9H2,1,3-7H3,(H,15,17)/b16-11-. The van der Waals surface area contributed by atoms with Crippen molar-refractivity contribution in [2.75, 3.05) is 7.11 Å². The highest BCUT2D eigenvalue weighted by atomic mass is 16.6. The summed E-state index contributed by atoms with van der Waals surface area (Å²) in [5, 5.41) is 6.57. The molecule has 1 unspecified atom stereocenters. The predicted octanol–water partition coefficient (Wildman–Crippen LogP) is 3.46. The largest absolute Gasteiger partial charge is 0.444 e. The number of carbonyl (C=O) groups excluding carboxylic acids is 1. The van der Waals surface area contributed by atoms with Gasteiger partial charge in [-0.1, -0.05) is 18.7 Å². The lowest BCUT2D eigenvalue weighted by Crippen LogP contribution is -2.32. The van der Waals surface area contributed by atoms with E-state index in [1.165, 1.54) is 7.11 Å². The van der Waals surface area contributed by atoms with Crippen LogP contribution in [0.15, 0.2) is 17.4 Å². The van der Waals surface area contributed by atoms with Crippen LogP contribution in [0.2, 0.25) is 0 Å². The maximum Gasteiger partial charge on any atom is 0.411 e. The molecular weight excluding hydrogens is 244 g/mol. The summed E-state index contributed by atoms with van der Waals surface area (Å²) < 4.78 is 5.17. The van der Waals surface area contributed by atoms with E-state index in [-0.39, 0.29) is 5.92 Å². The molecule has 110 valence electrons. The molecule has 0 spiro atoms. The zero-order valence-corrected chi connectivity index (χ0v) is 12.9. The molecule has 1 N–H and O–H groups in total. The summed E-state index contributed by atoms with van der Waals surface area (Å²) in [7, 11) is 1.52. The van der Waals surface area contributed by atoms with Crippen molar-refractivity contribution in [3.05, 3.63) is 12.3 Å². The molecule has 0 saturated heterocycles. The number of nitrogens with one attached hydrogen (secondary N) is 1. The Kier molecular flexibility index (Phi) is 7.19. The molecule has 0 fully saturated rings. The van der Waals surface area contributed by atoms with Crippen molar-refractivity contribution < 1.29 is 14.4 Å². The maximum absolute atomic E-state index is 11.6. The van der Waals surface area contributed by atoms with E-state index in [9.17, 15) is 4.79 Å². The Morgan fingerprint density at radius 1 is 1.42 bits per heavy atom. The second-order valence-electron chi connectivity index (χ2n) is 5.45. The SMILES string of the molecule is C=C(CC(CC)/C(C)=N\OC)NC(=O)OC(C)(C)C. The number of carbonyl (C=O) groups is 1. The minimum atomic E-state index is -0.512. The molecule has 0 saturated carbocycles. The van der Waals surface area contributed by atoms with Gasteiger partial charge in [-0.05, 0) is 40.5 Å². The average molecular weight is 270 g/mol. The lowest BCUT2D eigenvalue weighted by Gasteiger charge is -2.21. The Balaban J connectivity index is 4.37. The average Bonchev–Trinajstić information content (AvgIpc) is 2.23. The van der Waals surface area contributed by atoms with Crippen molar-refractivity contribution in [1.82, 2.24) is 5.32 Å². The van der Waals surface area contributed by atoms with Gasteiger partial charge < -0.3 is 9.57 Å². The van der Waals surface area contributed by atoms with Crippen LogP contribution < -0.4 is 5.32 Å². The first-order valence-electron chi connectivity index (χ1n) is 6.45. The van der Waals surface area contributed by atoms with E-state index in [4.69, 9.17) is 9.57 Å². The first kappa shape index (κ1) is 17.5. The summed E-state index contributed by atoms with van der Waals surface area (Å²) in [4.78, 5) is 16.3. The molecule has 5 heteroatoms. The number of nitrogens with zero attached hydrogens (tertiary/aromatic N) is 1. The van der Waals surface area contributed by atoms with Crippen LogP contribution in [0.25, 0.3) is 0 Å². The summed E-state index contributed by atoms with van der Waals surface area (Å²) in [5.74, 6) is 0.197. The lowest BCUT2D eigenvalue weighted by atomic mass is 9.96. The van der Waals surface area contributed by atoms with Gasteiger partial charge in [0.25, 0.3) is 0 Å². The molecule has 0 aliphatic carbocycles. The monoisotopic (exact) mass is 270 g/mol. The van der Waals surface area contributed by atoms with Gasteiger partial charge >= 0.3 is 6.09 Å². The smallest absolute Gasteiger partial charge is 0.411 e. The van der Waals surface area contributed by atoms with Crippen LogP contribution in [-0.2, 0) is 9.57 Å². The molecule has 0 bridgehead atoms. The van der Waals surface area contributed by atoms with Gasteiger partial charge in [-0.2, -0.15) is 0 Å². The zero-order chi connectivity index (χ0) is 15.1. The lowest BCUT2D eigenvalue weighted by molar-refractivity contribution is 0.0544. The number of allylic oxidation sites excluding steroid dienone is 1. The normalized spacial score (nSPS) is 13.7. The second kappa shape index (κ2) is 7.81. The first-order chi connectivity index (χ1) is 8.69. The molecule has 0 aromatic heterocycles. The predicted molar refractivity (Wildman–Crippen MR) is 77.0 cm³/mol. The summed E-state index contributed by atoms with van der Waals surface area (Å²) in [6.45, 7) is 13.3. The van der Waals surface area contributed by atoms with E-state index in [0.29, 0.717) is 12.1 Å². The minimum absolute atomic E-state index is 0.197. The summed E-state index contributed by atoms with van der Waals surface area (Å²) in [6, 6.07) is 0. The first-order valence-corrected chi connectivity index (χ1v) is 6.45. The molecule has 5 nitrogen and oxygen atoms in total. The molecule has 0 aromatic rings. The molecule has 19 heavy (non-hydrogen) atoms. The van der Waals surface area contributed by atoms with E-state index >= 15 is 0 Å². The number of hydrogen-bond donors (Lipinski definition) is 1. The van der Waals surface area contributed by atoms with Crippen LogP contribution in [0.5, 0.6) is 0 Å². The van der Waals surface area contributed by atoms with Crippen LogP contribution in [0.4, 0.5) is 4.79 Å². The molecule has 1 atom stereocenters. The van der Waals surface area contributed by atoms with Gasteiger partial charge in [-0.25, -0.2) is 4.79 Å². The fourth-order valence-electron chi connectivity index (χ4n) is 1.60. The van der Waals surface area contributed by atoms with Gasteiger partial charge in [0.1, 0.15) is 12.7 Å². The molecular formula is C14H26N2O3. The molecule has 0 aliphatic rings. The van der Waals surface area contributed by atoms with E-state index in [0.717, 1.165) is 12.1 Å². The van der Waals surface area contributed by atoms with E-state index in [1.807, 2.05) is 27.7 Å². The summed E-state index contributed by atoms with van der Waals surface area (Å²) >= 11 is 0. The Morgan fingerprint density at radius 3 is 2.42 bits per heavy atom. The number of oxime groups is 1. The van der Waals surface area contributed by atoms with Crippen LogP contribution in [0.1, 0.15) is 47.5 Å². The molecule has 0 radical (unpaired) electrons. The van der Waals surface area contributed by atoms with Crippen molar-refractivity contribution in [3.63, 3.8) is 0 Å². The van der Waals surface area contributed by atoms with E-state index in [2.05, 4.69) is 24.0 Å². The van der Waals surface area contributed by atoms with Gasteiger partial charge in [0.05, 0.1) is 5.71 Å². The second-order valence-corrected chi connectivity index (χ2v) is 5.45. The Bertz CT molecular complexity index is 343. The van der Waals surface area contributed by atoms with Crippen molar-refractivity contribution in [2.45, 2.75) is 53.1 Å². The third-order valence-electron chi connectivity index (χ3n) is 2.49. The maximum atomic E-state index is 11.6. The molecule has 0 aromatic carbocycles. The number of amides is 1. The third kappa shape index (κ3) is 8.24. The number of rotatable bonds is 6. The van der Waals surface area contributed by atoms with Crippen LogP contribution >= 0.6 is 0 Å². The van der Waals surface area contributed by atoms with Crippen molar-refractivity contribution in [1.29, 1.82) is 0 Å². The molecule has 0 heterocycles. The number of alkyl carbamates (subject to hydrolysis) is 1. The van der Waals surface area contributed by atoms with E-state index in [1.54, 1.807) is 0 Å². The van der Waals surface area contributed by atoms with Crippen LogP contribution in [0.3, 0.4) is 0 Å². The molecule has 0 rings (SSSR count). The van der Waals surface area contributed by atoms with Gasteiger partial charge in [0, 0.05) is 11.6 Å². The number of ether oxygens (including phenoxy) is 1. The zero-order valence-electron chi connectivity index (χ0n) is 12.9.